The molecule has 2 aromatic carbocycles. The van der Waals surface area contributed by atoms with Gasteiger partial charge in [-0.3, -0.25) is 9.36 Å². The summed E-state index contributed by atoms with van der Waals surface area (Å²) in [6.07, 6.45) is 1.54. The minimum Gasteiger partial charge on any atom is -0.497 e. The summed E-state index contributed by atoms with van der Waals surface area (Å²) in [5, 5.41) is 2.58. The first-order valence-corrected chi connectivity index (χ1v) is 8.91. The van der Waals surface area contributed by atoms with Gasteiger partial charge in [0.25, 0.3) is 11.6 Å². The van der Waals surface area contributed by atoms with Crippen LogP contribution in [0.2, 0.25) is 0 Å². The molecule has 0 unspecified atom stereocenters. The number of hydrogen-bond donors (Lipinski definition) is 1. The summed E-state index contributed by atoms with van der Waals surface area (Å²) in [5.74, 6) is 0.00121. The molecule has 0 spiro atoms. The molecule has 8 heteroatoms. The molecule has 29 heavy (non-hydrogen) atoms. The Hall–Kier alpha value is -3.94. The van der Waals surface area contributed by atoms with Crippen molar-refractivity contribution in [2.24, 2.45) is 0 Å². The van der Waals surface area contributed by atoms with Crippen LogP contribution in [0.25, 0.3) is 22.6 Å². The number of amides is 1. The average molecular weight is 390 g/mol. The summed E-state index contributed by atoms with van der Waals surface area (Å²) >= 11 is 0. The van der Waals surface area contributed by atoms with Gasteiger partial charge >= 0.3 is 5.76 Å². The first kappa shape index (κ1) is 18.4. The Morgan fingerprint density at radius 1 is 1.21 bits per heavy atom. The average Bonchev–Trinajstić information content (AvgIpc) is 3.07. The molecule has 0 radical (unpaired) electrons. The third-order valence-corrected chi connectivity index (χ3v) is 4.53. The third-order valence-electron chi connectivity index (χ3n) is 4.53. The molecule has 4 aromatic rings. The molecule has 0 bridgehead atoms. The zero-order valence-electron chi connectivity index (χ0n) is 15.9. The highest BCUT2D eigenvalue weighted by molar-refractivity contribution is 5.94. The number of nitrogens with zero attached hydrogens (tertiary/aromatic N) is 3. The van der Waals surface area contributed by atoms with Gasteiger partial charge in [-0.05, 0) is 29.8 Å². The SMILES string of the molecule is CNC(=O)c1ccc(-c2cnc3oc(=O)n(Cc4cccc(OC)c4)c3n2)cc1. The van der Waals surface area contributed by atoms with Crippen LogP contribution in [0.4, 0.5) is 0 Å². The zero-order chi connectivity index (χ0) is 20.4. The van der Waals surface area contributed by atoms with Gasteiger partial charge < -0.3 is 14.5 Å². The van der Waals surface area contributed by atoms with Gasteiger partial charge in [0.05, 0.1) is 25.5 Å². The van der Waals surface area contributed by atoms with Crippen molar-refractivity contribution in [2.75, 3.05) is 14.2 Å². The lowest BCUT2D eigenvalue weighted by Gasteiger charge is -2.06. The van der Waals surface area contributed by atoms with Gasteiger partial charge in [0, 0.05) is 18.2 Å². The normalized spacial score (nSPS) is 10.8. The zero-order valence-corrected chi connectivity index (χ0v) is 15.9. The summed E-state index contributed by atoms with van der Waals surface area (Å²) in [7, 11) is 3.17. The predicted molar refractivity (Wildman–Crippen MR) is 107 cm³/mol. The molecule has 8 nitrogen and oxygen atoms in total. The molecule has 0 saturated heterocycles. The Bertz CT molecular complexity index is 1240. The van der Waals surface area contributed by atoms with Crippen molar-refractivity contribution in [1.82, 2.24) is 19.9 Å². The highest BCUT2D eigenvalue weighted by atomic mass is 16.5. The Balaban J connectivity index is 1.72. The van der Waals surface area contributed by atoms with Gasteiger partial charge in [-0.1, -0.05) is 24.3 Å². The van der Waals surface area contributed by atoms with E-state index in [1.165, 1.54) is 10.8 Å². The molecule has 1 amide bonds. The fraction of sp³-hybridized carbons (Fsp3) is 0.143. The van der Waals surface area contributed by atoms with Crippen LogP contribution in [0.15, 0.2) is 63.9 Å². The van der Waals surface area contributed by atoms with E-state index in [4.69, 9.17) is 9.15 Å². The lowest BCUT2D eigenvalue weighted by atomic mass is 10.1. The van der Waals surface area contributed by atoms with Crippen LogP contribution in [0.1, 0.15) is 15.9 Å². The van der Waals surface area contributed by atoms with E-state index in [2.05, 4.69) is 15.3 Å². The highest BCUT2D eigenvalue weighted by Gasteiger charge is 2.14. The van der Waals surface area contributed by atoms with Crippen LogP contribution in [0.5, 0.6) is 5.75 Å². The number of aromatic nitrogens is 3. The van der Waals surface area contributed by atoms with Crippen LogP contribution < -0.4 is 15.8 Å². The molecule has 4 rings (SSSR count). The molecule has 146 valence electrons. The van der Waals surface area contributed by atoms with Crippen molar-refractivity contribution in [1.29, 1.82) is 0 Å². The molecule has 0 aliphatic rings. The van der Waals surface area contributed by atoms with Crippen LogP contribution in [0.3, 0.4) is 0 Å². The fourth-order valence-electron chi connectivity index (χ4n) is 3.01. The number of benzene rings is 2. The molecular weight excluding hydrogens is 372 g/mol. The van der Waals surface area contributed by atoms with E-state index >= 15 is 0 Å². The van der Waals surface area contributed by atoms with E-state index in [0.29, 0.717) is 22.7 Å². The molecule has 0 saturated carbocycles. The second kappa shape index (κ2) is 7.59. The van der Waals surface area contributed by atoms with Gasteiger partial charge in [-0.25, -0.2) is 14.8 Å². The second-order valence-electron chi connectivity index (χ2n) is 6.35. The first-order valence-electron chi connectivity index (χ1n) is 8.91. The maximum Gasteiger partial charge on any atom is 0.422 e. The van der Waals surface area contributed by atoms with Crippen molar-refractivity contribution >= 4 is 17.3 Å². The minimum atomic E-state index is -0.532. The second-order valence-corrected chi connectivity index (χ2v) is 6.35. The predicted octanol–water partition coefficient (Wildman–Crippen LogP) is 2.47. The van der Waals surface area contributed by atoms with Crippen LogP contribution in [-0.2, 0) is 6.54 Å². The van der Waals surface area contributed by atoms with Crippen molar-refractivity contribution in [2.45, 2.75) is 6.54 Å². The first-order chi connectivity index (χ1) is 14.1. The van der Waals surface area contributed by atoms with Crippen molar-refractivity contribution in [3.63, 3.8) is 0 Å². The molecule has 2 aromatic heterocycles. The number of methoxy groups -OCH3 is 1. The van der Waals surface area contributed by atoms with E-state index in [1.807, 2.05) is 24.3 Å². The van der Waals surface area contributed by atoms with Crippen LogP contribution in [-0.4, -0.2) is 34.6 Å². The fourth-order valence-corrected chi connectivity index (χ4v) is 3.01. The van der Waals surface area contributed by atoms with Gasteiger partial charge in [0.1, 0.15) is 5.75 Å². The van der Waals surface area contributed by atoms with Crippen molar-refractivity contribution < 1.29 is 13.9 Å². The van der Waals surface area contributed by atoms with Gasteiger partial charge in [-0.15, -0.1) is 0 Å². The lowest BCUT2D eigenvalue weighted by molar-refractivity contribution is 0.0963. The Kier molecular flexibility index (Phi) is 4.82. The van der Waals surface area contributed by atoms with E-state index in [1.54, 1.807) is 38.4 Å². The van der Waals surface area contributed by atoms with Crippen LogP contribution >= 0.6 is 0 Å². The monoisotopic (exact) mass is 390 g/mol. The van der Waals surface area contributed by atoms with Gasteiger partial charge in [0.15, 0.2) is 0 Å². The maximum absolute atomic E-state index is 12.3. The molecule has 0 aliphatic heterocycles. The summed E-state index contributed by atoms with van der Waals surface area (Å²) in [6, 6.07) is 14.4. The molecular formula is C21H18N4O4. The molecule has 1 N–H and O–H groups in total. The quantitative estimate of drug-likeness (QED) is 0.562. The number of rotatable bonds is 5. The van der Waals surface area contributed by atoms with E-state index in [0.717, 1.165) is 11.1 Å². The van der Waals surface area contributed by atoms with E-state index in [-0.39, 0.29) is 18.2 Å². The molecule has 0 fully saturated rings. The Morgan fingerprint density at radius 3 is 2.72 bits per heavy atom. The number of oxazole rings is 1. The maximum atomic E-state index is 12.3. The Morgan fingerprint density at radius 2 is 2.00 bits per heavy atom. The van der Waals surface area contributed by atoms with Gasteiger partial charge in [-0.2, -0.15) is 0 Å². The topological polar surface area (TPSA) is 99.2 Å². The van der Waals surface area contributed by atoms with Gasteiger partial charge in [0.2, 0.25) is 5.65 Å². The number of fused-ring (bicyclic) bond motifs is 1. The molecule has 2 heterocycles. The number of carbonyl (C=O) groups excluding carboxylic acids is 1. The molecule has 0 aliphatic carbocycles. The van der Waals surface area contributed by atoms with Crippen molar-refractivity contribution in [3.05, 3.63) is 76.4 Å². The summed E-state index contributed by atoms with van der Waals surface area (Å²) in [6.45, 7) is 0.275. The number of nitrogens with one attached hydrogen (secondary N) is 1. The highest BCUT2D eigenvalue weighted by Crippen LogP contribution is 2.20. The number of ether oxygens (including phenoxy) is 1. The molecule has 0 atom stereocenters. The Labute approximate surface area is 165 Å². The van der Waals surface area contributed by atoms with E-state index < -0.39 is 5.76 Å². The third kappa shape index (κ3) is 3.60. The lowest BCUT2D eigenvalue weighted by Crippen LogP contribution is -2.17. The minimum absolute atomic E-state index is 0.167. The van der Waals surface area contributed by atoms with Crippen molar-refractivity contribution in [3.8, 4) is 17.0 Å². The summed E-state index contributed by atoms with van der Waals surface area (Å²) < 4.78 is 11.9. The summed E-state index contributed by atoms with van der Waals surface area (Å²) in [5.41, 5.74) is 3.28. The summed E-state index contributed by atoms with van der Waals surface area (Å²) in [4.78, 5) is 32.9. The smallest absolute Gasteiger partial charge is 0.422 e. The van der Waals surface area contributed by atoms with Crippen LogP contribution in [0, 0.1) is 0 Å². The standard InChI is InChI=1S/C21H18N4O4/c1-22-19(26)15-8-6-14(7-9-15)17-11-23-20-18(24-17)25(21(27)29-20)12-13-4-3-5-16(10-13)28-2/h3-11H,12H2,1-2H3,(H,22,26). The number of hydrogen-bond acceptors (Lipinski definition) is 6. The van der Waals surface area contributed by atoms with E-state index in [9.17, 15) is 9.59 Å². The number of carbonyl (C=O) groups is 1. The largest absolute Gasteiger partial charge is 0.497 e.